The lowest BCUT2D eigenvalue weighted by atomic mass is 10.2. The largest absolute Gasteiger partial charge is 0.307 e. The number of nitrogens with zero attached hydrogens (tertiary/aromatic N) is 3. The Balaban J connectivity index is 2.61. The number of nitrogens with one attached hydrogen (secondary N) is 1. The first-order valence-electron chi connectivity index (χ1n) is 5.67. The van der Waals surface area contributed by atoms with Crippen molar-refractivity contribution in [1.29, 1.82) is 0 Å². The van der Waals surface area contributed by atoms with Crippen molar-refractivity contribution in [2.75, 3.05) is 0 Å². The molecular formula is C11H22N4. The van der Waals surface area contributed by atoms with E-state index in [-0.39, 0.29) is 0 Å². The average Bonchev–Trinajstić information content (AvgIpc) is 2.56. The van der Waals surface area contributed by atoms with Crippen molar-refractivity contribution >= 4 is 0 Å². The number of hydrogen-bond acceptors (Lipinski definition) is 3. The summed E-state index contributed by atoms with van der Waals surface area (Å²) in [6.45, 7) is 9.38. The minimum Gasteiger partial charge on any atom is -0.307 e. The van der Waals surface area contributed by atoms with Gasteiger partial charge in [0.15, 0.2) is 5.82 Å². The van der Waals surface area contributed by atoms with Gasteiger partial charge in [-0.15, -0.1) is 0 Å². The Morgan fingerprint density at radius 1 is 1.33 bits per heavy atom. The Kier molecular flexibility index (Phi) is 4.27. The molecule has 0 radical (unpaired) electrons. The second-order valence-corrected chi connectivity index (χ2v) is 4.35. The summed E-state index contributed by atoms with van der Waals surface area (Å²) in [5.74, 6) is 2.34. The summed E-state index contributed by atoms with van der Waals surface area (Å²) in [4.78, 5) is 4.50. The monoisotopic (exact) mass is 210 g/mol. The summed E-state index contributed by atoms with van der Waals surface area (Å²) in [7, 11) is 1.95. The highest BCUT2D eigenvalue weighted by atomic mass is 15.3. The molecule has 4 nitrogen and oxygen atoms in total. The molecule has 1 aromatic heterocycles. The van der Waals surface area contributed by atoms with Crippen LogP contribution in [-0.2, 0) is 13.6 Å². The maximum absolute atomic E-state index is 4.50. The lowest BCUT2D eigenvalue weighted by Gasteiger charge is -2.09. The number of aryl methyl sites for hydroxylation is 1. The van der Waals surface area contributed by atoms with Crippen molar-refractivity contribution in [1.82, 2.24) is 20.1 Å². The zero-order chi connectivity index (χ0) is 11.4. The molecular weight excluding hydrogens is 188 g/mol. The predicted molar refractivity (Wildman–Crippen MR) is 61.7 cm³/mol. The normalized spacial score (nSPS) is 13.5. The molecule has 0 saturated carbocycles. The van der Waals surface area contributed by atoms with E-state index in [0.717, 1.165) is 24.6 Å². The van der Waals surface area contributed by atoms with Gasteiger partial charge >= 0.3 is 0 Å². The summed E-state index contributed by atoms with van der Waals surface area (Å²) < 4.78 is 1.87. The zero-order valence-electron chi connectivity index (χ0n) is 10.4. The van der Waals surface area contributed by atoms with Gasteiger partial charge in [-0.3, -0.25) is 4.68 Å². The maximum atomic E-state index is 4.50. The third-order valence-electron chi connectivity index (χ3n) is 2.61. The van der Waals surface area contributed by atoms with Crippen LogP contribution >= 0.6 is 0 Å². The molecule has 1 aromatic rings. The van der Waals surface area contributed by atoms with E-state index in [9.17, 15) is 0 Å². The zero-order valence-corrected chi connectivity index (χ0v) is 10.4. The average molecular weight is 210 g/mol. The Bertz CT molecular complexity index is 304. The van der Waals surface area contributed by atoms with Gasteiger partial charge in [-0.2, -0.15) is 5.10 Å². The summed E-state index contributed by atoms with van der Waals surface area (Å²) in [5, 5.41) is 7.80. The Morgan fingerprint density at radius 2 is 2.00 bits per heavy atom. The second kappa shape index (κ2) is 5.26. The molecule has 0 saturated heterocycles. The molecule has 0 aliphatic carbocycles. The van der Waals surface area contributed by atoms with E-state index in [4.69, 9.17) is 0 Å². The summed E-state index contributed by atoms with van der Waals surface area (Å²) in [5.41, 5.74) is 0. The Morgan fingerprint density at radius 3 is 2.47 bits per heavy atom. The fourth-order valence-corrected chi connectivity index (χ4v) is 1.25. The van der Waals surface area contributed by atoms with Crippen molar-refractivity contribution in [3.8, 4) is 0 Å². The van der Waals surface area contributed by atoms with E-state index in [0.29, 0.717) is 12.0 Å². The van der Waals surface area contributed by atoms with E-state index in [1.165, 1.54) is 0 Å². The van der Waals surface area contributed by atoms with Gasteiger partial charge in [0.05, 0.1) is 6.54 Å². The number of hydrogen-bond donors (Lipinski definition) is 1. The summed E-state index contributed by atoms with van der Waals surface area (Å²) in [6.07, 6.45) is 1.13. The van der Waals surface area contributed by atoms with Crippen LogP contribution in [-0.4, -0.2) is 20.8 Å². The fraction of sp³-hybridized carbons (Fsp3) is 0.818. The molecule has 0 spiro atoms. The fourth-order valence-electron chi connectivity index (χ4n) is 1.25. The standard InChI is InChI=1S/C11H22N4/c1-6-9(4)12-7-10-13-11(8(2)3)14-15(10)5/h8-9,12H,6-7H2,1-5H3. The van der Waals surface area contributed by atoms with Gasteiger partial charge < -0.3 is 5.32 Å². The molecule has 0 fully saturated rings. The number of aromatic nitrogens is 3. The lowest BCUT2D eigenvalue weighted by Crippen LogP contribution is -2.26. The van der Waals surface area contributed by atoms with E-state index in [2.05, 4.69) is 43.1 Å². The molecule has 0 amide bonds. The molecule has 4 heteroatoms. The first-order valence-corrected chi connectivity index (χ1v) is 5.67. The highest BCUT2D eigenvalue weighted by Crippen LogP contribution is 2.09. The van der Waals surface area contributed by atoms with Gasteiger partial charge in [0, 0.05) is 19.0 Å². The summed E-state index contributed by atoms with van der Waals surface area (Å²) in [6, 6.07) is 0.532. The van der Waals surface area contributed by atoms with E-state index in [1.807, 2.05) is 11.7 Å². The van der Waals surface area contributed by atoms with Crippen LogP contribution < -0.4 is 5.32 Å². The van der Waals surface area contributed by atoms with E-state index in [1.54, 1.807) is 0 Å². The van der Waals surface area contributed by atoms with Crippen LogP contribution in [0.5, 0.6) is 0 Å². The molecule has 0 bridgehead atoms. The molecule has 1 atom stereocenters. The third kappa shape index (κ3) is 3.30. The van der Waals surface area contributed by atoms with E-state index < -0.39 is 0 Å². The van der Waals surface area contributed by atoms with Crippen molar-refractivity contribution < 1.29 is 0 Å². The third-order valence-corrected chi connectivity index (χ3v) is 2.61. The van der Waals surface area contributed by atoms with Gasteiger partial charge in [-0.05, 0) is 13.3 Å². The topological polar surface area (TPSA) is 42.7 Å². The molecule has 0 aromatic carbocycles. The van der Waals surface area contributed by atoms with Gasteiger partial charge in [0.25, 0.3) is 0 Å². The molecule has 0 aliphatic heterocycles. The quantitative estimate of drug-likeness (QED) is 0.806. The van der Waals surface area contributed by atoms with Crippen molar-refractivity contribution in [3.05, 3.63) is 11.6 Å². The van der Waals surface area contributed by atoms with Gasteiger partial charge in [-0.1, -0.05) is 20.8 Å². The molecule has 86 valence electrons. The predicted octanol–water partition coefficient (Wildman–Crippen LogP) is 1.83. The highest BCUT2D eigenvalue weighted by molar-refractivity contribution is 4.96. The SMILES string of the molecule is CCC(C)NCc1nc(C(C)C)nn1C. The maximum Gasteiger partial charge on any atom is 0.153 e. The highest BCUT2D eigenvalue weighted by Gasteiger charge is 2.10. The summed E-state index contributed by atoms with van der Waals surface area (Å²) >= 11 is 0. The van der Waals surface area contributed by atoms with Gasteiger partial charge in [0.2, 0.25) is 0 Å². The molecule has 1 heterocycles. The Labute approximate surface area is 92.1 Å². The van der Waals surface area contributed by atoms with Crippen LogP contribution in [0.1, 0.15) is 51.7 Å². The molecule has 1 N–H and O–H groups in total. The van der Waals surface area contributed by atoms with Crippen LogP contribution in [0.15, 0.2) is 0 Å². The molecule has 1 unspecified atom stereocenters. The van der Waals surface area contributed by atoms with Crippen LogP contribution in [0.3, 0.4) is 0 Å². The molecule has 0 aliphatic rings. The van der Waals surface area contributed by atoms with Gasteiger partial charge in [0.1, 0.15) is 5.82 Å². The minimum atomic E-state index is 0.397. The van der Waals surface area contributed by atoms with Crippen LogP contribution in [0.4, 0.5) is 0 Å². The van der Waals surface area contributed by atoms with Crippen LogP contribution in [0, 0.1) is 0 Å². The van der Waals surface area contributed by atoms with E-state index >= 15 is 0 Å². The second-order valence-electron chi connectivity index (χ2n) is 4.35. The minimum absolute atomic E-state index is 0.397. The van der Waals surface area contributed by atoms with Crippen LogP contribution in [0.2, 0.25) is 0 Å². The first-order chi connectivity index (χ1) is 7.04. The smallest absolute Gasteiger partial charge is 0.153 e. The Hall–Kier alpha value is -0.900. The first kappa shape index (κ1) is 12.2. The van der Waals surface area contributed by atoms with Crippen molar-refractivity contribution in [3.63, 3.8) is 0 Å². The lowest BCUT2D eigenvalue weighted by molar-refractivity contribution is 0.510. The van der Waals surface area contributed by atoms with Crippen LogP contribution in [0.25, 0.3) is 0 Å². The molecule has 15 heavy (non-hydrogen) atoms. The van der Waals surface area contributed by atoms with Crippen molar-refractivity contribution in [2.24, 2.45) is 7.05 Å². The number of rotatable bonds is 5. The van der Waals surface area contributed by atoms with Crippen molar-refractivity contribution in [2.45, 2.75) is 52.6 Å². The molecule has 1 rings (SSSR count). The van der Waals surface area contributed by atoms with Gasteiger partial charge in [-0.25, -0.2) is 4.98 Å².